The fraction of sp³-hybridized carbons (Fsp3) is 0.533. The van der Waals surface area contributed by atoms with Gasteiger partial charge in [0.25, 0.3) is 0 Å². The molecule has 1 rings (SSSR count). The summed E-state index contributed by atoms with van der Waals surface area (Å²) >= 11 is 0. The fourth-order valence-electron chi connectivity index (χ4n) is 1.71. The molecule has 1 aromatic carbocycles. The Labute approximate surface area is 120 Å². The maximum absolute atomic E-state index is 10.1. The number of methoxy groups -OCH3 is 1. The second kappa shape index (κ2) is 8.54. The number of nitriles is 1. The molecule has 0 radical (unpaired) electrons. The SMILES string of the molecule is COCCC(C)(O)CNCc1ccc(OCC#N)cc1. The van der Waals surface area contributed by atoms with E-state index in [0.29, 0.717) is 31.9 Å². The molecule has 1 unspecified atom stereocenters. The first-order valence-corrected chi connectivity index (χ1v) is 6.58. The highest BCUT2D eigenvalue weighted by molar-refractivity contribution is 5.27. The first kappa shape index (κ1) is 16.4. The molecule has 0 aliphatic heterocycles. The molecule has 0 aliphatic rings. The average Bonchev–Trinajstić information content (AvgIpc) is 2.44. The van der Waals surface area contributed by atoms with Crippen LogP contribution in [0.25, 0.3) is 0 Å². The molecule has 0 fully saturated rings. The quantitative estimate of drug-likeness (QED) is 0.715. The Bertz CT molecular complexity index is 424. The molecule has 0 saturated heterocycles. The Morgan fingerprint density at radius 3 is 2.65 bits per heavy atom. The van der Waals surface area contributed by atoms with Crippen LogP contribution in [0.5, 0.6) is 5.75 Å². The highest BCUT2D eigenvalue weighted by Gasteiger charge is 2.18. The summed E-state index contributed by atoms with van der Waals surface area (Å²) in [5.41, 5.74) is 0.322. The number of benzene rings is 1. The second-order valence-electron chi connectivity index (χ2n) is 4.93. The lowest BCUT2D eigenvalue weighted by Crippen LogP contribution is -2.38. The van der Waals surface area contributed by atoms with Crippen LogP contribution in [-0.2, 0) is 11.3 Å². The summed E-state index contributed by atoms with van der Waals surface area (Å²) in [5, 5.41) is 21.7. The van der Waals surface area contributed by atoms with E-state index in [0.717, 1.165) is 5.56 Å². The van der Waals surface area contributed by atoms with Gasteiger partial charge in [0.15, 0.2) is 6.61 Å². The van der Waals surface area contributed by atoms with Crippen LogP contribution in [0.15, 0.2) is 24.3 Å². The summed E-state index contributed by atoms with van der Waals surface area (Å²) in [4.78, 5) is 0. The van der Waals surface area contributed by atoms with Crippen LogP contribution in [-0.4, -0.2) is 37.6 Å². The van der Waals surface area contributed by atoms with Crippen molar-refractivity contribution in [1.29, 1.82) is 5.26 Å². The van der Waals surface area contributed by atoms with Crippen molar-refractivity contribution in [3.05, 3.63) is 29.8 Å². The number of aliphatic hydroxyl groups is 1. The fourth-order valence-corrected chi connectivity index (χ4v) is 1.71. The van der Waals surface area contributed by atoms with Crippen molar-refractivity contribution in [2.45, 2.75) is 25.5 Å². The van der Waals surface area contributed by atoms with Gasteiger partial charge in [-0.3, -0.25) is 0 Å². The summed E-state index contributed by atoms with van der Waals surface area (Å²) in [6.45, 7) is 3.56. The molecular weight excluding hydrogens is 256 g/mol. The third kappa shape index (κ3) is 6.53. The third-order valence-electron chi connectivity index (χ3n) is 2.91. The summed E-state index contributed by atoms with van der Waals surface area (Å²) in [6, 6.07) is 9.46. The minimum absolute atomic E-state index is 0.0555. The van der Waals surface area contributed by atoms with Crippen LogP contribution in [0.2, 0.25) is 0 Å². The Kier molecular flexibility index (Phi) is 7.02. The van der Waals surface area contributed by atoms with Crippen LogP contribution >= 0.6 is 0 Å². The van der Waals surface area contributed by atoms with Gasteiger partial charge in [0, 0.05) is 33.2 Å². The third-order valence-corrected chi connectivity index (χ3v) is 2.91. The summed E-state index contributed by atoms with van der Waals surface area (Å²) in [5.74, 6) is 0.683. The lowest BCUT2D eigenvalue weighted by atomic mass is 10.0. The average molecular weight is 278 g/mol. The summed E-state index contributed by atoms with van der Waals surface area (Å²) in [7, 11) is 1.62. The zero-order chi connectivity index (χ0) is 14.8. The molecule has 1 aromatic rings. The molecule has 110 valence electrons. The van der Waals surface area contributed by atoms with E-state index < -0.39 is 5.60 Å². The van der Waals surface area contributed by atoms with E-state index in [1.807, 2.05) is 30.3 Å². The standard InChI is InChI=1S/C15H22N2O3/c1-15(18,7-9-19-2)12-17-11-13-3-5-14(6-4-13)20-10-8-16/h3-6,17-18H,7,9-12H2,1-2H3. The van der Waals surface area contributed by atoms with Crippen LogP contribution in [0.4, 0.5) is 0 Å². The first-order valence-electron chi connectivity index (χ1n) is 6.58. The van der Waals surface area contributed by atoms with E-state index >= 15 is 0 Å². The van der Waals surface area contributed by atoms with Crippen molar-refractivity contribution in [1.82, 2.24) is 5.32 Å². The van der Waals surface area contributed by atoms with Gasteiger partial charge in [-0.2, -0.15) is 5.26 Å². The Hall–Kier alpha value is -1.61. The molecule has 0 bridgehead atoms. The lowest BCUT2D eigenvalue weighted by molar-refractivity contribution is 0.0247. The van der Waals surface area contributed by atoms with Crippen molar-refractivity contribution in [3.8, 4) is 11.8 Å². The minimum atomic E-state index is -0.772. The zero-order valence-electron chi connectivity index (χ0n) is 12.1. The highest BCUT2D eigenvalue weighted by atomic mass is 16.5. The largest absolute Gasteiger partial charge is 0.479 e. The molecule has 5 nitrogen and oxygen atoms in total. The number of nitrogens with one attached hydrogen (secondary N) is 1. The maximum Gasteiger partial charge on any atom is 0.174 e. The van der Waals surface area contributed by atoms with Gasteiger partial charge >= 0.3 is 0 Å². The van der Waals surface area contributed by atoms with Crippen molar-refractivity contribution in [2.75, 3.05) is 26.9 Å². The normalized spacial score (nSPS) is 13.5. The van der Waals surface area contributed by atoms with Gasteiger partial charge in [0.2, 0.25) is 0 Å². The number of nitrogens with zero attached hydrogens (tertiary/aromatic N) is 1. The van der Waals surface area contributed by atoms with E-state index in [1.54, 1.807) is 14.0 Å². The van der Waals surface area contributed by atoms with Crippen LogP contribution in [0, 0.1) is 11.3 Å². The van der Waals surface area contributed by atoms with Gasteiger partial charge in [0.1, 0.15) is 11.8 Å². The maximum atomic E-state index is 10.1. The molecule has 0 aliphatic carbocycles. The number of hydrogen-bond donors (Lipinski definition) is 2. The Morgan fingerprint density at radius 2 is 2.05 bits per heavy atom. The van der Waals surface area contributed by atoms with E-state index in [-0.39, 0.29) is 6.61 Å². The summed E-state index contributed by atoms with van der Waals surface area (Å²) < 4.78 is 10.1. The molecule has 2 N–H and O–H groups in total. The highest BCUT2D eigenvalue weighted by Crippen LogP contribution is 2.12. The van der Waals surface area contributed by atoms with Gasteiger partial charge in [-0.1, -0.05) is 12.1 Å². The smallest absolute Gasteiger partial charge is 0.174 e. The lowest BCUT2D eigenvalue weighted by Gasteiger charge is -2.23. The van der Waals surface area contributed by atoms with Gasteiger partial charge in [0.05, 0.1) is 5.60 Å². The number of hydrogen-bond acceptors (Lipinski definition) is 5. The van der Waals surface area contributed by atoms with E-state index in [1.165, 1.54) is 0 Å². The molecule has 5 heteroatoms. The van der Waals surface area contributed by atoms with Gasteiger partial charge in [-0.25, -0.2) is 0 Å². The Balaban J connectivity index is 2.33. The number of rotatable bonds is 9. The molecule has 1 atom stereocenters. The van der Waals surface area contributed by atoms with Crippen molar-refractivity contribution in [2.24, 2.45) is 0 Å². The van der Waals surface area contributed by atoms with Crippen LogP contribution < -0.4 is 10.1 Å². The van der Waals surface area contributed by atoms with E-state index in [2.05, 4.69) is 5.32 Å². The molecular formula is C15H22N2O3. The second-order valence-corrected chi connectivity index (χ2v) is 4.93. The molecule has 0 amide bonds. The monoisotopic (exact) mass is 278 g/mol. The van der Waals surface area contributed by atoms with E-state index in [9.17, 15) is 5.11 Å². The molecule has 0 heterocycles. The molecule has 0 spiro atoms. The summed E-state index contributed by atoms with van der Waals surface area (Å²) in [6.07, 6.45) is 0.595. The van der Waals surface area contributed by atoms with E-state index in [4.69, 9.17) is 14.7 Å². The molecule has 0 aromatic heterocycles. The predicted octanol–water partition coefficient (Wildman–Crippen LogP) is 1.47. The minimum Gasteiger partial charge on any atom is -0.479 e. The first-order chi connectivity index (χ1) is 9.57. The zero-order valence-corrected chi connectivity index (χ0v) is 12.1. The van der Waals surface area contributed by atoms with Gasteiger partial charge in [-0.15, -0.1) is 0 Å². The predicted molar refractivity (Wildman–Crippen MR) is 76.4 cm³/mol. The molecule has 0 saturated carbocycles. The topological polar surface area (TPSA) is 74.5 Å². The molecule has 20 heavy (non-hydrogen) atoms. The van der Waals surface area contributed by atoms with Crippen molar-refractivity contribution >= 4 is 0 Å². The Morgan fingerprint density at radius 1 is 1.35 bits per heavy atom. The van der Waals surface area contributed by atoms with Crippen molar-refractivity contribution in [3.63, 3.8) is 0 Å². The number of ether oxygens (including phenoxy) is 2. The van der Waals surface area contributed by atoms with Gasteiger partial charge < -0.3 is 19.9 Å². The van der Waals surface area contributed by atoms with Crippen LogP contribution in [0.3, 0.4) is 0 Å². The van der Waals surface area contributed by atoms with Crippen molar-refractivity contribution < 1.29 is 14.6 Å². The van der Waals surface area contributed by atoms with Crippen LogP contribution in [0.1, 0.15) is 18.9 Å². The van der Waals surface area contributed by atoms with Gasteiger partial charge in [-0.05, 0) is 24.6 Å².